The van der Waals surface area contributed by atoms with Crippen molar-refractivity contribution in [1.29, 1.82) is 0 Å². The predicted octanol–water partition coefficient (Wildman–Crippen LogP) is 2.20. The number of hydrogen-bond acceptors (Lipinski definition) is 3. The molecule has 1 saturated heterocycles. The molecule has 0 amide bonds. The summed E-state index contributed by atoms with van der Waals surface area (Å²) in [5.41, 5.74) is 2.15. The topological polar surface area (TPSA) is 32.6 Å². The van der Waals surface area contributed by atoms with E-state index in [1.54, 1.807) is 0 Å². The van der Waals surface area contributed by atoms with Crippen LogP contribution in [0.3, 0.4) is 0 Å². The standard InChI is InChI=1S/C13H17ClN4.ClH/c1-10-7-17(5-4-15-10)9-12-6-16-13-3-2-11(14)8-18(12)13;/h2-3,6,8,10,15H,4-5,7,9H2,1H3;1H/t10-;/m1./s1. The first-order valence-electron chi connectivity index (χ1n) is 6.29. The molecule has 0 bridgehead atoms. The molecule has 3 rings (SSSR count). The molecular weight excluding hydrogens is 283 g/mol. The van der Waals surface area contributed by atoms with Crippen molar-refractivity contribution in [1.82, 2.24) is 19.6 Å². The molecule has 1 aliphatic heterocycles. The van der Waals surface area contributed by atoms with Gasteiger partial charge in [0.2, 0.25) is 0 Å². The molecule has 0 saturated carbocycles. The first-order valence-corrected chi connectivity index (χ1v) is 6.67. The van der Waals surface area contributed by atoms with Gasteiger partial charge in [-0.1, -0.05) is 11.6 Å². The zero-order chi connectivity index (χ0) is 12.5. The fourth-order valence-electron chi connectivity index (χ4n) is 2.51. The molecule has 1 N–H and O–H groups in total. The zero-order valence-electron chi connectivity index (χ0n) is 10.8. The molecule has 6 heteroatoms. The van der Waals surface area contributed by atoms with Gasteiger partial charge in [-0.3, -0.25) is 4.90 Å². The van der Waals surface area contributed by atoms with Crippen LogP contribution in [0.5, 0.6) is 0 Å². The maximum absolute atomic E-state index is 6.04. The zero-order valence-corrected chi connectivity index (χ0v) is 12.4. The van der Waals surface area contributed by atoms with E-state index < -0.39 is 0 Å². The second-order valence-corrected chi connectivity index (χ2v) is 5.35. The molecule has 1 fully saturated rings. The van der Waals surface area contributed by atoms with Crippen LogP contribution in [-0.2, 0) is 6.54 Å². The fraction of sp³-hybridized carbons (Fsp3) is 0.462. The molecule has 104 valence electrons. The third-order valence-electron chi connectivity index (χ3n) is 3.38. The molecule has 0 aromatic carbocycles. The molecule has 1 aliphatic rings. The summed E-state index contributed by atoms with van der Waals surface area (Å²) >= 11 is 6.04. The number of nitrogens with one attached hydrogen (secondary N) is 1. The summed E-state index contributed by atoms with van der Waals surface area (Å²) in [4.78, 5) is 6.86. The highest BCUT2D eigenvalue weighted by Crippen LogP contribution is 2.15. The fourth-order valence-corrected chi connectivity index (χ4v) is 2.67. The third-order valence-corrected chi connectivity index (χ3v) is 3.61. The van der Waals surface area contributed by atoms with Crippen LogP contribution >= 0.6 is 24.0 Å². The Hall–Kier alpha value is -0.810. The molecule has 0 spiro atoms. The molecular formula is C13H18Cl2N4. The Morgan fingerprint density at radius 3 is 3.11 bits per heavy atom. The molecule has 2 aromatic heterocycles. The monoisotopic (exact) mass is 300 g/mol. The number of pyridine rings is 1. The van der Waals surface area contributed by atoms with Gasteiger partial charge in [0, 0.05) is 38.4 Å². The van der Waals surface area contributed by atoms with Crippen LogP contribution in [-0.4, -0.2) is 40.0 Å². The van der Waals surface area contributed by atoms with E-state index in [1.165, 1.54) is 5.69 Å². The Morgan fingerprint density at radius 2 is 2.32 bits per heavy atom. The Bertz CT molecular complexity index is 555. The predicted molar refractivity (Wildman–Crippen MR) is 80.2 cm³/mol. The van der Waals surface area contributed by atoms with Crippen molar-refractivity contribution in [3.63, 3.8) is 0 Å². The summed E-state index contributed by atoms with van der Waals surface area (Å²) in [5.74, 6) is 0. The second-order valence-electron chi connectivity index (χ2n) is 4.92. The lowest BCUT2D eigenvalue weighted by atomic mass is 10.2. The van der Waals surface area contributed by atoms with Crippen molar-refractivity contribution in [2.24, 2.45) is 0 Å². The van der Waals surface area contributed by atoms with Crippen molar-refractivity contribution in [3.05, 3.63) is 35.2 Å². The van der Waals surface area contributed by atoms with Gasteiger partial charge in [0.1, 0.15) is 5.65 Å². The van der Waals surface area contributed by atoms with E-state index in [9.17, 15) is 0 Å². The van der Waals surface area contributed by atoms with E-state index in [2.05, 4.69) is 26.5 Å². The summed E-state index contributed by atoms with van der Waals surface area (Å²) in [7, 11) is 0. The van der Waals surface area contributed by atoms with Crippen LogP contribution < -0.4 is 5.32 Å². The van der Waals surface area contributed by atoms with Gasteiger partial charge in [-0.05, 0) is 19.1 Å². The largest absolute Gasteiger partial charge is 0.312 e. The summed E-state index contributed by atoms with van der Waals surface area (Å²) in [6.07, 6.45) is 3.88. The number of halogens is 2. The Labute approximate surface area is 124 Å². The number of hydrogen-bond donors (Lipinski definition) is 1. The number of nitrogens with zero attached hydrogens (tertiary/aromatic N) is 3. The van der Waals surface area contributed by atoms with Crippen molar-refractivity contribution >= 4 is 29.7 Å². The minimum atomic E-state index is 0. The van der Waals surface area contributed by atoms with Crippen LogP contribution in [0.4, 0.5) is 0 Å². The number of aromatic nitrogens is 2. The van der Waals surface area contributed by atoms with Crippen LogP contribution in [0, 0.1) is 0 Å². The minimum Gasteiger partial charge on any atom is -0.312 e. The maximum atomic E-state index is 6.04. The quantitative estimate of drug-likeness (QED) is 0.923. The van der Waals surface area contributed by atoms with Crippen molar-refractivity contribution in [2.45, 2.75) is 19.5 Å². The van der Waals surface area contributed by atoms with Gasteiger partial charge in [0.25, 0.3) is 0 Å². The smallest absolute Gasteiger partial charge is 0.137 e. The van der Waals surface area contributed by atoms with Crippen LogP contribution in [0.25, 0.3) is 5.65 Å². The van der Waals surface area contributed by atoms with Gasteiger partial charge < -0.3 is 9.72 Å². The normalized spacial score (nSPS) is 20.4. The van der Waals surface area contributed by atoms with Crippen molar-refractivity contribution < 1.29 is 0 Å². The van der Waals surface area contributed by atoms with E-state index in [0.717, 1.165) is 36.8 Å². The van der Waals surface area contributed by atoms with Gasteiger partial charge >= 0.3 is 0 Å². The summed E-state index contributed by atoms with van der Waals surface area (Å²) in [6, 6.07) is 4.38. The van der Waals surface area contributed by atoms with E-state index in [1.807, 2.05) is 24.5 Å². The summed E-state index contributed by atoms with van der Waals surface area (Å²) < 4.78 is 2.08. The molecule has 19 heavy (non-hydrogen) atoms. The Balaban J connectivity index is 0.00000133. The van der Waals surface area contributed by atoms with E-state index >= 15 is 0 Å². The summed E-state index contributed by atoms with van der Waals surface area (Å²) in [6.45, 7) is 6.36. The van der Waals surface area contributed by atoms with Gasteiger partial charge in [-0.15, -0.1) is 12.4 Å². The average molecular weight is 301 g/mol. The maximum Gasteiger partial charge on any atom is 0.137 e. The summed E-state index contributed by atoms with van der Waals surface area (Å²) in [5, 5.41) is 4.20. The number of fused-ring (bicyclic) bond motifs is 1. The van der Waals surface area contributed by atoms with Gasteiger partial charge in [0.05, 0.1) is 16.9 Å². The lowest BCUT2D eigenvalue weighted by Crippen LogP contribution is -2.48. The van der Waals surface area contributed by atoms with Crippen LogP contribution in [0.15, 0.2) is 24.5 Å². The van der Waals surface area contributed by atoms with Crippen molar-refractivity contribution in [2.75, 3.05) is 19.6 Å². The SMILES string of the molecule is C[C@@H]1CN(Cc2cnc3ccc(Cl)cn23)CCN1.Cl. The number of piperazine rings is 1. The second kappa shape index (κ2) is 6.09. The van der Waals surface area contributed by atoms with Gasteiger partial charge in [0.15, 0.2) is 0 Å². The molecule has 3 heterocycles. The highest BCUT2D eigenvalue weighted by Gasteiger charge is 2.16. The van der Waals surface area contributed by atoms with Crippen LogP contribution in [0.2, 0.25) is 5.02 Å². The third kappa shape index (κ3) is 3.20. The van der Waals surface area contributed by atoms with Crippen LogP contribution in [0.1, 0.15) is 12.6 Å². The lowest BCUT2D eigenvalue weighted by Gasteiger charge is -2.31. The average Bonchev–Trinajstić information content (AvgIpc) is 2.72. The first kappa shape index (κ1) is 14.6. The highest BCUT2D eigenvalue weighted by atomic mass is 35.5. The molecule has 0 unspecified atom stereocenters. The molecule has 1 atom stereocenters. The molecule has 0 aliphatic carbocycles. The number of rotatable bonds is 2. The Morgan fingerprint density at radius 1 is 1.47 bits per heavy atom. The molecule has 4 nitrogen and oxygen atoms in total. The van der Waals surface area contributed by atoms with E-state index in [4.69, 9.17) is 11.6 Å². The van der Waals surface area contributed by atoms with Gasteiger partial charge in [-0.25, -0.2) is 4.98 Å². The Kier molecular flexibility index (Phi) is 4.68. The highest BCUT2D eigenvalue weighted by molar-refractivity contribution is 6.30. The molecule has 2 aromatic rings. The van der Waals surface area contributed by atoms with Gasteiger partial charge in [-0.2, -0.15) is 0 Å². The van der Waals surface area contributed by atoms with Crippen molar-refractivity contribution in [3.8, 4) is 0 Å². The van der Waals surface area contributed by atoms with E-state index in [0.29, 0.717) is 6.04 Å². The molecule has 0 radical (unpaired) electrons. The van der Waals surface area contributed by atoms with E-state index in [-0.39, 0.29) is 12.4 Å². The minimum absolute atomic E-state index is 0. The lowest BCUT2D eigenvalue weighted by molar-refractivity contribution is 0.197. The number of imidazole rings is 1. The first-order chi connectivity index (χ1) is 8.72.